The van der Waals surface area contributed by atoms with Gasteiger partial charge in [-0.3, -0.25) is 4.79 Å². The zero-order valence-electron chi connectivity index (χ0n) is 16.8. The maximum atomic E-state index is 10.9. The standard InChI is InChI=1S/C24H19Cl2NO4/c1-13-18-12-17(31-24-19(25)9-14(10-20(24)26)11-22(28)29)7-8-21(18)27-23(13)15-3-5-16(30-2)6-4-15/h3-10,12,27H,11H2,1-2H3,(H,28,29). The first kappa shape index (κ1) is 21.1. The second-order valence-corrected chi connectivity index (χ2v) is 7.94. The van der Waals surface area contributed by atoms with Crippen molar-refractivity contribution < 1.29 is 19.4 Å². The van der Waals surface area contributed by atoms with Crippen LogP contribution in [-0.2, 0) is 11.2 Å². The average Bonchev–Trinajstić information content (AvgIpc) is 3.06. The summed E-state index contributed by atoms with van der Waals surface area (Å²) in [5.74, 6) is 0.712. The highest BCUT2D eigenvalue weighted by Gasteiger charge is 2.15. The molecule has 0 atom stereocenters. The molecule has 1 heterocycles. The minimum atomic E-state index is -0.957. The van der Waals surface area contributed by atoms with Crippen molar-refractivity contribution in [3.05, 3.63) is 75.8 Å². The van der Waals surface area contributed by atoms with E-state index in [0.717, 1.165) is 33.5 Å². The number of aliphatic carboxylic acids is 1. The van der Waals surface area contributed by atoms with E-state index in [9.17, 15) is 4.79 Å². The first-order chi connectivity index (χ1) is 14.9. The molecule has 5 nitrogen and oxygen atoms in total. The number of hydrogen-bond acceptors (Lipinski definition) is 3. The highest BCUT2D eigenvalue weighted by atomic mass is 35.5. The number of aromatic amines is 1. The lowest BCUT2D eigenvalue weighted by atomic mass is 10.1. The van der Waals surface area contributed by atoms with Gasteiger partial charge in [0.2, 0.25) is 0 Å². The molecule has 31 heavy (non-hydrogen) atoms. The summed E-state index contributed by atoms with van der Waals surface area (Å²) < 4.78 is 11.2. The Morgan fingerprint density at radius 1 is 1.00 bits per heavy atom. The molecule has 4 rings (SSSR count). The van der Waals surface area contributed by atoms with E-state index >= 15 is 0 Å². The minimum absolute atomic E-state index is 0.164. The molecule has 0 aliphatic heterocycles. The normalized spacial score (nSPS) is 11.0. The number of benzene rings is 3. The summed E-state index contributed by atoms with van der Waals surface area (Å²) in [5.41, 5.74) is 4.64. The third-order valence-corrected chi connectivity index (χ3v) is 5.60. The summed E-state index contributed by atoms with van der Waals surface area (Å²) in [7, 11) is 1.64. The van der Waals surface area contributed by atoms with E-state index in [1.165, 1.54) is 0 Å². The largest absolute Gasteiger partial charge is 0.497 e. The molecule has 0 bridgehead atoms. The van der Waals surface area contributed by atoms with E-state index in [1.807, 2.05) is 49.4 Å². The molecule has 0 aliphatic carbocycles. The van der Waals surface area contributed by atoms with Crippen LogP contribution in [0.5, 0.6) is 17.2 Å². The van der Waals surface area contributed by atoms with Gasteiger partial charge in [0.1, 0.15) is 11.5 Å². The van der Waals surface area contributed by atoms with Crippen molar-refractivity contribution in [2.45, 2.75) is 13.3 Å². The lowest BCUT2D eigenvalue weighted by Gasteiger charge is -2.11. The van der Waals surface area contributed by atoms with Crippen molar-refractivity contribution in [3.63, 3.8) is 0 Å². The number of aryl methyl sites for hydroxylation is 1. The molecule has 0 unspecified atom stereocenters. The Morgan fingerprint density at radius 2 is 1.65 bits per heavy atom. The van der Waals surface area contributed by atoms with Gasteiger partial charge in [0.25, 0.3) is 0 Å². The van der Waals surface area contributed by atoms with Crippen LogP contribution in [0.4, 0.5) is 0 Å². The monoisotopic (exact) mass is 455 g/mol. The molecule has 7 heteroatoms. The predicted octanol–water partition coefficient (Wildman–Crippen LogP) is 6.88. The van der Waals surface area contributed by atoms with Gasteiger partial charge in [0, 0.05) is 16.6 Å². The molecule has 0 aliphatic rings. The molecule has 1 aromatic heterocycles. The van der Waals surface area contributed by atoms with Gasteiger partial charge in [-0.15, -0.1) is 0 Å². The molecule has 0 radical (unpaired) electrons. The van der Waals surface area contributed by atoms with E-state index in [2.05, 4.69) is 4.98 Å². The zero-order valence-corrected chi connectivity index (χ0v) is 18.3. The molecule has 0 spiro atoms. The van der Waals surface area contributed by atoms with Crippen molar-refractivity contribution in [3.8, 4) is 28.5 Å². The van der Waals surface area contributed by atoms with Crippen molar-refractivity contribution in [2.24, 2.45) is 0 Å². The van der Waals surface area contributed by atoms with Crippen LogP contribution in [0, 0.1) is 6.92 Å². The summed E-state index contributed by atoms with van der Waals surface area (Å²) in [6.45, 7) is 2.04. The number of methoxy groups -OCH3 is 1. The summed E-state index contributed by atoms with van der Waals surface area (Å²) in [6.07, 6.45) is -0.164. The predicted molar refractivity (Wildman–Crippen MR) is 123 cm³/mol. The quantitative estimate of drug-likeness (QED) is 0.332. The van der Waals surface area contributed by atoms with Crippen molar-refractivity contribution >= 4 is 40.1 Å². The highest BCUT2D eigenvalue weighted by Crippen LogP contribution is 2.39. The Balaban J connectivity index is 1.67. The minimum Gasteiger partial charge on any atom is -0.497 e. The number of aromatic nitrogens is 1. The molecule has 0 saturated heterocycles. The first-order valence-electron chi connectivity index (χ1n) is 9.50. The van der Waals surface area contributed by atoms with Crippen LogP contribution in [0.1, 0.15) is 11.1 Å². The Morgan fingerprint density at radius 3 is 2.26 bits per heavy atom. The van der Waals surface area contributed by atoms with E-state index in [4.69, 9.17) is 37.8 Å². The average molecular weight is 456 g/mol. The maximum Gasteiger partial charge on any atom is 0.307 e. The number of carboxylic acids is 1. The molecule has 0 fully saturated rings. The van der Waals surface area contributed by atoms with Crippen LogP contribution in [0.15, 0.2) is 54.6 Å². The number of carboxylic acid groups (broad SMARTS) is 1. The number of rotatable bonds is 6. The number of hydrogen-bond donors (Lipinski definition) is 2. The zero-order chi connectivity index (χ0) is 22.1. The van der Waals surface area contributed by atoms with Crippen molar-refractivity contribution in [1.82, 2.24) is 4.98 Å². The lowest BCUT2D eigenvalue weighted by Crippen LogP contribution is -2.00. The van der Waals surface area contributed by atoms with Gasteiger partial charge < -0.3 is 19.6 Å². The fourth-order valence-electron chi connectivity index (χ4n) is 3.52. The number of fused-ring (bicyclic) bond motifs is 1. The smallest absolute Gasteiger partial charge is 0.307 e. The molecule has 158 valence electrons. The van der Waals surface area contributed by atoms with Gasteiger partial charge in [-0.05, 0) is 78.2 Å². The van der Waals surface area contributed by atoms with Gasteiger partial charge in [0.05, 0.1) is 23.6 Å². The number of halogens is 2. The fourth-order valence-corrected chi connectivity index (χ4v) is 4.13. The van der Waals surface area contributed by atoms with E-state index in [1.54, 1.807) is 19.2 Å². The second-order valence-electron chi connectivity index (χ2n) is 7.12. The van der Waals surface area contributed by atoms with Gasteiger partial charge in [-0.25, -0.2) is 0 Å². The van der Waals surface area contributed by atoms with Crippen LogP contribution in [0.2, 0.25) is 10.0 Å². The van der Waals surface area contributed by atoms with Gasteiger partial charge in [0.15, 0.2) is 5.75 Å². The van der Waals surface area contributed by atoms with Gasteiger partial charge in [-0.1, -0.05) is 23.2 Å². The third kappa shape index (κ3) is 4.33. The summed E-state index contributed by atoms with van der Waals surface area (Å²) in [5, 5.41) is 10.5. The van der Waals surface area contributed by atoms with E-state index in [-0.39, 0.29) is 16.5 Å². The van der Waals surface area contributed by atoms with Crippen LogP contribution >= 0.6 is 23.2 Å². The van der Waals surface area contributed by atoms with Crippen LogP contribution in [0.3, 0.4) is 0 Å². The van der Waals surface area contributed by atoms with Crippen molar-refractivity contribution in [1.29, 1.82) is 0 Å². The molecular weight excluding hydrogens is 437 g/mol. The third-order valence-electron chi connectivity index (χ3n) is 5.04. The molecule has 2 N–H and O–H groups in total. The summed E-state index contributed by atoms with van der Waals surface area (Å²) in [6, 6.07) is 16.7. The maximum absolute atomic E-state index is 10.9. The first-order valence-corrected chi connectivity index (χ1v) is 10.3. The Hall–Kier alpha value is -3.15. The van der Waals surface area contributed by atoms with Crippen LogP contribution in [0.25, 0.3) is 22.2 Å². The van der Waals surface area contributed by atoms with E-state index < -0.39 is 5.97 Å². The number of H-pyrrole nitrogens is 1. The fraction of sp³-hybridized carbons (Fsp3) is 0.125. The SMILES string of the molecule is COc1ccc(-c2[nH]c3ccc(Oc4c(Cl)cc(CC(=O)O)cc4Cl)cc3c2C)cc1. The molecule has 3 aromatic carbocycles. The number of ether oxygens (including phenoxy) is 2. The Bertz CT molecular complexity index is 1260. The molecule has 4 aromatic rings. The topological polar surface area (TPSA) is 71.5 Å². The van der Waals surface area contributed by atoms with Crippen molar-refractivity contribution in [2.75, 3.05) is 7.11 Å². The van der Waals surface area contributed by atoms with E-state index in [0.29, 0.717) is 17.1 Å². The summed E-state index contributed by atoms with van der Waals surface area (Å²) >= 11 is 12.6. The van der Waals surface area contributed by atoms with Crippen LogP contribution < -0.4 is 9.47 Å². The lowest BCUT2D eigenvalue weighted by molar-refractivity contribution is -0.136. The number of carbonyl (C=O) groups is 1. The van der Waals surface area contributed by atoms with Gasteiger partial charge in [-0.2, -0.15) is 0 Å². The second kappa shape index (κ2) is 8.53. The van der Waals surface area contributed by atoms with Crippen LogP contribution in [-0.4, -0.2) is 23.2 Å². The molecular formula is C24H19Cl2NO4. The number of nitrogens with one attached hydrogen (secondary N) is 1. The Kier molecular flexibility index (Phi) is 5.81. The highest BCUT2D eigenvalue weighted by molar-refractivity contribution is 6.37. The van der Waals surface area contributed by atoms with Gasteiger partial charge >= 0.3 is 5.97 Å². The Labute approximate surface area is 189 Å². The molecule has 0 amide bonds. The molecule has 0 saturated carbocycles. The summed E-state index contributed by atoms with van der Waals surface area (Å²) in [4.78, 5) is 14.4.